The summed E-state index contributed by atoms with van der Waals surface area (Å²) in [4.78, 5) is 35.4. The molecule has 1 fully saturated rings. The third-order valence-electron chi connectivity index (χ3n) is 5.48. The number of fused-ring (bicyclic) bond motifs is 1. The van der Waals surface area contributed by atoms with Gasteiger partial charge in [0.05, 0.1) is 11.1 Å². The summed E-state index contributed by atoms with van der Waals surface area (Å²) in [6.45, 7) is 11.0. The normalized spacial score (nSPS) is 18.0. The maximum atomic E-state index is 12.4. The zero-order chi connectivity index (χ0) is 20.8. The molecule has 0 aliphatic carbocycles. The van der Waals surface area contributed by atoms with Gasteiger partial charge in [0.15, 0.2) is 5.96 Å². The predicted molar refractivity (Wildman–Crippen MR) is 115 cm³/mol. The van der Waals surface area contributed by atoms with Gasteiger partial charge in [-0.05, 0) is 30.9 Å². The molecule has 7 nitrogen and oxygen atoms in total. The molecule has 0 bridgehead atoms. The summed E-state index contributed by atoms with van der Waals surface area (Å²) in [5.41, 5.74) is 1.04. The zero-order valence-electron chi connectivity index (χ0n) is 17.9. The summed E-state index contributed by atoms with van der Waals surface area (Å²) in [6, 6.07) is 7.04. The number of nitrogens with zero attached hydrogens (tertiary/aromatic N) is 4. The van der Waals surface area contributed by atoms with Gasteiger partial charge in [-0.25, -0.2) is 0 Å². The average molecular weight is 400 g/mol. The van der Waals surface area contributed by atoms with Crippen molar-refractivity contribution in [3.05, 3.63) is 35.4 Å². The lowest BCUT2D eigenvalue weighted by Crippen LogP contribution is -2.53. The Hall–Kier alpha value is -2.41. The monoisotopic (exact) mass is 399 g/mol. The molecular formula is C22H33N5O2. The minimum atomic E-state index is -0.173. The van der Waals surface area contributed by atoms with Gasteiger partial charge in [0, 0.05) is 52.9 Å². The quantitative estimate of drug-likeness (QED) is 0.328. The van der Waals surface area contributed by atoms with Crippen LogP contribution in [-0.4, -0.2) is 85.3 Å². The number of benzene rings is 1. The highest BCUT2D eigenvalue weighted by Crippen LogP contribution is 2.22. The number of carbonyl (C=O) groups excluding carboxylic acids is 2. The minimum absolute atomic E-state index is 0.173. The second kappa shape index (κ2) is 9.87. The Morgan fingerprint density at radius 3 is 2.21 bits per heavy atom. The minimum Gasteiger partial charge on any atom is -0.356 e. The van der Waals surface area contributed by atoms with E-state index in [0.29, 0.717) is 23.6 Å². The number of nitrogens with one attached hydrogen (secondary N) is 1. The third-order valence-corrected chi connectivity index (χ3v) is 5.48. The first kappa shape index (κ1) is 21.3. The van der Waals surface area contributed by atoms with E-state index in [-0.39, 0.29) is 11.8 Å². The lowest BCUT2D eigenvalue weighted by molar-refractivity contribution is 0.0652. The Morgan fingerprint density at radius 1 is 1.03 bits per heavy atom. The van der Waals surface area contributed by atoms with Crippen LogP contribution in [0, 0.1) is 5.92 Å². The number of imide groups is 1. The molecule has 1 saturated heterocycles. The third kappa shape index (κ3) is 5.15. The van der Waals surface area contributed by atoms with E-state index in [1.165, 1.54) is 4.90 Å². The number of hydrogen-bond donors (Lipinski definition) is 1. The second-order valence-corrected chi connectivity index (χ2v) is 8.17. The first-order valence-electron chi connectivity index (χ1n) is 10.6. The van der Waals surface area contributed by atoms with Crippen molar-refractivity contribution in [3.63, 3.8) is 0 Å². The van der Waals surface area contributed by atoms with E-state index < -0.39 is 0 Å². The van der Waals surface area contributed by atoms with Crippen LogP contribution in [0.2, 0.25) is 0 Å². The van der Waals surface area contributed by atoms with Crippen LogP contribution in [0.4, 0.5) is 0 Å². The number of unbranched alkanes of at least 4 members (excludes halogenated alkanes) is 1. The lowest BCUT2D eigenvalue weighted by Gasteiger charge is -2.37. The van der Waals surface area contributed by atoms with E-state index in [2.05, 4.69) is 34.0 Å². The summed E-state index contributed by atoms with van der Waals surface area (Å²) in [5, 5.41) is 3.43. The van der Waals surface area contributed by atoms with E-state index >= 15 is 0 Å². The first-order valence-corrected chi connectivity index (χ1v) is 10.6. The average Bonchev–Trinajstić information content (AvgIpc) is 2.96. The first-order chi connectivity index (χ1) is 14.0. The van der Waals surface area contributed by atoms with Crippen molar-refractivity contribution in [2.24, 2.45) is 10.9 Å². The molecule has 2 aliphatic heterocycles. The molecule has 1 aromatic rings. The fraction of sp³-hybridized carbons (Fsp3) is 0.591. The Balaban J connectivity index is 1.37. The molecule has 0 radical (unpaired) electrons. The highest BCUT2D eigenvalue weighted by atomic mass is 16.2. The summed E-state index contributed by atoms with van der Waals surface area (Å²) in [6.07, 6.45) is 1.65. The van der Waals surface area contributed by atoms with E-state index in [9.17, 15) is 9.59 Å². The van der Waals surface area contributed by atoms with Crippen LogP contribution < -0.4 is 5.32 Å². The summed E-state index contributed by atoms with van der Waals surface area (Å²) < 4.78 is 0. The van der Waals surface area contributed by atoms with Gasteiger partial charge in [0.2, 0.25) is 0 Å². The number of amides is 2. The van der Waals surface area contributed by atoms with Crippen molar-refractivity contribution < 1.29 is 9.59 Å². The molecule has 0 saturated carbocycles. The molecule has 3 rings (SSSR count). The van der Waals surface area contributed by atoms with Crippen molar-refractivity contribution in [2.45, 2.75) is 26.7 Å². The van der Waals surface area contributed by atoms with Gasteiger partial charge in [0.25, 0.3) is 11.8 Å². The van der Waals surface area contributed by atoms with Crippen molar-refractivity contribution in [1.29, 1.82) is 0 Å². The highest BCUT2D eigenvalue weighted by molar-refractivity contribution is 6.21. The van der Waals surface area contributed by atoms with Gasteiger partial charge in [-0.15, -0.1) is 0 Å². The number of hydrogen-bond acceptors (Lipinski definition) is 4. The zero-order valence-corrected chi connectivity index (χ0v) is 17.9. The largest absolute Gasteiger partial charge is 0.356 e. The van der Waals surface area contributed by atoms with Gasteiger partial charge >= 0.3 is 0 Å². The number of carbonyl (C=O) groups is 2. The van der Waals surface area contributed by atoms with E-state index in [0.717, 1.165) is 58.1 Å². The Kier molecular flexibility index (Phi) is 7.25. The molecular weight excluding hydrogens is 366 g/mol. The van der Waals surface area contributed by atoms with Gasteiger partial charge in [0.1, 0.15) is 0 Å². The summed E-state index contributed by atoms with van der Waals surface area (Å²) in [5.74, 6) is 1.29. The number of rotatable bonds is 7. The van der Waals surface area contributed by atoms with Crippen LogP contribution in [0.25, 0.3) is 0 Å². The molecule has 7 heteroatoms. The molecule has 1 aromatic carbocycles. The Labute approximate surface area is 173 Å². The molecule has 0 atom stereocenters. The molecule has 2 aliphatic rings. The second-order valence-electron chi connectivity index (χ2n) is 8.17. The maximum Gasteiger partial charge on any atom is 0.261 e. The van der Waals surface area contributed by atoms with Crippen LogP contribution in [0.3, 0.4) is 0 Å². The molecule has 0 spiro atoms. The topological polar surface area (TPSA) is 68.2 Å². The Bertz CT molecular complexity index is 718. The van der Waals surface area contributed by atoms with Crippen LogP contribution in [0.15, 0.2) is 29.3 Å². The SMILES string of the molecule is CN=C(NCCCCN1C(=O)c2ccccc2C1=O)N1CCN(CC(C)C)CC1. The van der Waals surface area contributed by atoms with E-state index in [1.807, 2.05) is 7.05 Å². The van der Waals surface area contributed by atoms with Gasteiger partial charge in [-0.3, -0.25) is 24.4 Å². The van der Waals surface area contributed by atoms with Crippen molar-refractivity contribution in [2.75, 3.05) is 52.9 Å². The fourth-order valence-electron chi connectivity index (χ4n) is 4.03. The maximum absolute atomic E-state index is 12.4. The number of aliphatic imine (C=N–C) groups is 1. The summed E-state index contributed by atoms with van der Waals surface area (Å²) >= 11 is 0. The molecule has 29 heavy (non-hydrogen) atoms. The molecule has 2 amide bonds. The Morgan fingerprint density at radius 2 is 1.66 bits per heavy atom. The highest BCUT2D eigenvalue weighted by Gasteiger charge is 2.34. The predicted octanol–water partition coefficient (Wildman–Crippen LogP) is 1.91. The van der Waals surface area contributed by atoms with Crippen LogP contribution in [-0.2, 0) is 0 Å². The molecule has 0 aromatic heterocycles. The van der Waals surface area contributed by atoms with Crippen molar-refractivity contribution >= 4 is 17.8 Å². The standard InChI is InChI=1S/C22H33N5O2/c1-17(2)16-25-12-14-26(15-13-25)22(23-3)24-10-6-7-11-27-20(28)18-8-4-5-9-19(18)21(27)29/h4-5,8-9,17H,6-7,10-16H2,1-3H3,(H,23,24). The number of guanidine groups is 1. The van der Waals surface area contributed by atoms with Crippen molar-refractivity contribution in [1.82, 2.24) is 20.0 Å². The smallest absolute Gasteiger partial charge is 0.261 e. The van der Waals surface area contributed by atoms with Gasteiger partial charge in [-0.2, -0.15) is 0 Å². The summed E-state index contributed by atoms with van der Waals surface area (Å²) in [7, 11) is 1.82. The van der Waals surface area contributed by atoms with E-state index in [4.69, 9.17) is 0 Å². The lowest BCUT2D eigenvalue weighted by atomic mass is 10.1. The van der Waals surface area contributed by atoms with Crippen molar-refractivity contribution in [3.8, 4) is 0 Å². The van der Waals surface area contributed by atoms with Crippen LogP contribution in [0.1, 0.15) is 47.4 Å². The van der Waals surface area contributed by atoms with E-state index in [1.54, 1.807) is 24.3 Å². The number of piperazine rings is 1. The molecule has 1 N–H and O–H groups in total. The molecule has 158 valence electrons. The molecule has 2 heterocycles. The van der Waals surface area contributed by atoms with Crippen LogP contribution in [0.5, 0.6) is 0 Å². The van der Waals surface area contributed by atoms with Gasteiger partial charge in [-0.1, -0.05) is 26.0 Å². The van der Waals surface area contributed by atoms with Gasteiger partial charge < -0.3 is 10.2 Å². The molecule has 0 unspecified atom stereocenters. The fourth-order valence-corrected chi connectivity index (χ4v) is 4.03. The van der Waals surface area contributed by atoms with Crippen LogP contribution >= 0.6 is 0 Å².